The Morgan fingerprint density at radius 3 is 2.75 bits per heavy atom. The molecule has 0 heterocycles. The lowest BCUT2D eigenvalue weighted by molar-refractivity contribution is -0.144. The SMILES string of the molecule is C=CCCC(Br)C(=O)OCc1ccccc1. The second kappa shape index (κ2) is 7.23. The summed E-state index contributed by atoms with van der Waals surface area (Å²) in [4.78, 5) is 11.3. The van der Waals surface area contributed by atoms with E-state index in [1.807, 2.05) is 30.3 Å². The molecule has 0 aliphatic carbocycles. The van der Waals surface area contributed by atoms with E-state index in [0.29, 0.717) is 6.61 Å². The van der Waals surface area contributed by atoms with Gasteiger partial charge in [0.05, 0.1) is 0 Å². The van der Waals surface area contributed by atoms with Crippen molar-refractivity contribution in [1.29, 1.82) is 0 Å². The number of ether oxygens (including phenoxy) is 1. The molecule has 3 heteroatoms. The lowest BCUT2D eigenvalue weighted by atomic mass is 10.2. The van der Waals surface area contributed by atoms with Crippen LogP contribution in [0.2, 0.25) is 0 Å². The maximum Gasteiger partial charge on any atom is 0.320 e. The Hall–Kier alpha value is -1.09. The fourth-order valence-electron chi connectivity index (χ4n) is 1.20. The number of benzene rings is 1. The quantitative estimate of drug-likeness (QED) is 0.454. The van der Waals surface area contributed by atoms with Gasteiger partial charge in [-0.3, -0.25) is 4.79 Å². The summed E-state index contributed by atoms with van der Waals surface area (Å²) in [5, 5.41) is 0. The van der Waals surface area contributed by atoms with Gasteiger partial charge in [-0.2, -0.15) is 0 Å². The topological polar surface area (TPSA) is 26.3 Å². The van der Waals surface area contributed by atoms with Crippen molar-refractivity contribution in [2.75, 3.05) is 0 Å². The van der Waals surface area contributed by atoms with Gasteiger partial charge < -0.3 is 4.74 Å². The number of carbonyl (C=O) groups excluding carboxylic acids is 1. The second-order valence-corrected chi connectivity index (χ2v) is 4.53. The van der Waals surface area contributed by atoms with Crippen LogP contribution in [0.25, 0.3) is 0 Å². The molecule has 0 aromatic heterocycles. The first-order valence-corrected chi connectivity index (χ1v) is 6.11. The summed E-state index contributed by atoms with van der Waals surface area (Å²) in [6, 6.07) is 9.64. The van der Waals surface area contributed by atoms with Gasteiger partial charge >= 0.3 is 5.97 Å². The predicted molar refractivity (Wildman–Crippen MR) is 68.4 cm³/mol. The Labute approximate surface area is 104 Å². The average molecular weight is 283 g/mol. The molecule has 86 valence electrons. The zero-order chi connectivity index (χ0) is 11.8. The average Bonchev–Trinajstić information content (AvgIpc) is 2.34. The summed E-state index contributed by atoms with van der Waals surface area (Å²) in [7, 11) is 0. The molecule has 0 N–H and O–H groups in total. The van der Waals surface area contributed by atoms with Crippen LogP contribution in [0.15, 0.2) is 43.0 Å². The molecule has 2 nitrogen and oxygen atoms in total. The van der Waals surface area contributed by atoms with Gasteiger partial charge in [-0.15, -0.1) is 6.58 Å². The summed E-state index contributed by atoms with van der Waals surface area (Å²) >= 11 is 3.30. The van der Waals surface area contributed by atoms with E-state index in [1.165, 1.54) is 0 Å². The van der Waals surface area contributed by atoms with E-state index in [0.717, 1.165) is 18.4 Å². The van der Waals surface area contributed by atoms with Gasteiger partial charge in [0.1, 0.15) is 11.4 Å². The van der Waals surface area contributed by atoms with Gasteiger partial charge in [-0.25, -0.2) is 0 Å². The normalized spacial score (nSPS) is 11.8. The summed E-state index contributed by atoms with van der Waals surface area (Å²) in [5.74, 6) is -0.217. The molecule has 1 aromatic rings. The van der Waals surface area contributed by atoms with E-state index in [-0.39, 0.29) is 10.8 Å². The summed E-state index contributed by atoms with van der Waals surface area (Å²) in [6.45, 7) is 3.94. The zero-order valence-electron chi connectivity index (χ0n) is 9.06. The first kappa shape index (κ1) is 13.0. The van der Waals surface area contributed by atoms with Crippen molar-refractivity contribution in [2.24, 2.45) is 0 Å². The summed E-state index contributed by atoms with van der Waals surface area (Å²) < 4.78 is 5.17. The van der Waals surface area contributed by atoms with Crippen LogP contribution in [-0.2, 0) is 16.1 Å². The molecule has 0 aliphatic heterocycles. The largest absolute Gasteiger partial charge is 0.460 e. The molecular weight excluding hydrogens is 268 g/mol. The van der Waals surface area contributed by atoms with Gasteiger partial charge in [0.15, 0.2) is 0 Å². The van der Waals surface area contributed by atoms with Crippen molar-refractivity contribution < 1.29 is 9.53 Å². The Morgan fingerprint density at radius 1 is 1.44 bits per heavy atom. The first-order chi connectivity index (χ1) is 7.74. The highest BCUT2D eigenvalue weighted by molar-refractivity contribution is 9.10. The van der Waals surface area contributed by atoms with E-state index >= 15 is 0 Å². The Bertz CT molecular complexity index is 335. The minimum atomic E-state index is -0.241. The lowest BCUT2D eigenvalue weighted by Crippen LogP contribution is -2.17. The highest BCUT2D eigenvalue weighted by atomic mass is 79.9. The van der Waals surface area contributed by atoms with Crippen molar-refractivity contribution in [3.8, 4) is 0 Å². The van der Waals surface area contributed by atoms with Crippen LogP contribution in [0.5, 0.6) is 0 Å². The highest BCUT2D eigenvalue weighted by Gasteiger charge is 2.15. The summed E-state index contributed by atoms with van der Waals surface area (Å²) in [6.07, 6.45) is 3.31. The predicted octanol–water partition coefficient (Wildman–Crippen LogP) is 3.46. The van der Waals surface area contributed by atoms with E-state index in [4.69, 9.17) is 4.74 Å². The van der Waals surface area contributed by atoms with Gasteiger partial charge in [0.2, 0.25) is 0 Å². The maximum atomic E-state index is 11.5. The molecule has 16 heavy (non-hydrogen) atoms. The van der Waals surface area contributed by atoms with Crippen molar-refractivity contribution in [3.63, 3.8) is 0 Å². The van der Waals surface area contributed by atoms with E-state index in [2.05, 4.69) is 22.5 Å². The number of esters is 1. The molecule has 0 amide bonds. The van der Waals surface area contributed by atoms with Crippen LogP contribution < -0.4 is 0 Å². The third kappa shape index (κ3) is 4.62. The standard InChI is InChI=1S/C13H15BrO2/c1-2-3-9-12(14)13(15)16-10-11-7-5-4-6-8-11/h2,4-8,12H,1,3,9-10H2. The highest BCUT2D eigenvalue weighted by Crippen LogP contribution is 2.11. The Morgan fingerprint density at radius 2 is 2.12 bits per heavy atom. The fraction of sp³-hybridized carbons (Fsp3) is 0.308. The zero-order valence-corrected chi connectivity index (χ0v) is 10.7. The van der Waals surface area contributed by atoms with Gasteiger partial charge in [-0.05, 0) is 18.4 Å². The van der Waals surface area contributed by atoms with Crippen LogP contribution in [-0.4, -0.2) is 10.8 Å². The first-order valence-electron chi connectivity index (χ1n) is 5.19. The van der Waals surface area contributed by atoms with Crippen LogP contribution in [0.4, 0.5) is 0 Å². The van der Waals surface area contributed by atoms with Crippen molar-refractivity contribution in [3.05, 3.63) is 48.6 Å². The minimum Gasteiger partial charge on any atom is -0.460 e. The smallest absolute Gasteiger partial charge is 0.320 e. The van der Waals surface area contributed by atoms with Crippen molar-refractivity contribution in [1.82, 2.24) is 0 Å². The molecule has 0 fully saturated rings. The Balaban J connectivity index is 2.32. The molecule has 0 saturated carbocycles. The maximum absolute atomic E-state index is 11.5. The van der Waals surface area contributed by atoms with Crippen molar-refractivity contribution in [2.45, 2.75) is 24.3 Å². The molecule has 1 atom stereocenters. The molecular formula is C13H15BrO2. The van der Waals surface area contributed by atoms with E-state index in [9.17, 15) is 4.79 Å². The molecule has 0 spiro atoms. The number of hydrogen-bond donors (Lipinski definition) is 0. The number of hydrogen-bond acceptors (Lipinski definition) is 2. The van der Waals surface area contributed by atoms with Crippen molar-refractivity contribution >= 4 is 21.9 Å². The number of rotatable bonds is 6. The second-order valence-electron chi connectivity index (χ2n) is 3.43. The molecule has 0 bridgehead atoms. The van der Waals surface area contributed by atoms with Crippen LogP contribution in [0.1, 0.15) is 18.4 Å². The van der Waals surface area contributed by atoms with Crippen LogP contribution in [0, 0.1) is 0 Å². The minimum absolute atomic E-state index is 0.217. The number of halogens is 1. The molecule has 0 saturated heterocycles. The number of carbonyl (C=O) groups is 1. The van der Waals surface area contributed by atoms with Crippen LogP contribution in [0.3, 0.4) is 0 Å². The lowest BCUT2D eigenvalue weighted by Gasteiger charge is -2.09. The monoisotopic (exact) mass is 282 g/mol. The van der Waals surface area contributed by atoms with Gasteiger partial charge in [-0.1, -0.05) is 52.3 Å². The van der Waals surface area contributed by atoms with Gasteiger partial charge in [0, 0.05) is 0 Å². The molecule has 0 radical (unpaired) electrons. The molecule has 1 aromatic carbocycles. The third-order valence-electron chi connectivity index (χ3n) is 2.10. The number of alkyl halides is 1. The summed E-state index contributed by atoms with van der Waals surface area (Å²) in [5.41, 5.74) is 0.999. The number of allylic oxidation sites excluding steroid dienone is 1. The fourth-order valence-corrected chi connectivity index (χ4v) is 1.60. The molecule has 0 aliphatic rings. The van der Waals surface area contributed by atoms with Crippen LogP contribution >= 0.6 is 15.9 Å². The third-order valence-corrected chi connectivity index (χ3v) is 2.94. The van der Waals surface area contributed by atoms with E-state index in [1.54, 1.807) is 6.08 Å². The molecule has 1 rings (SSSR count). The Kier molecular flexibility index (Phi) is 5.86. The van der Waals surface area contributed by atoms with Gasteiger partial charge in [0.25, 0.3) is 0 Å². The van der Waals surface area contributed by atoms with E-state index < -0.39 is 0 Å². The molecule has 1 unspecified atom stereocenters.